The van der Waals surface area contributed by atoms with Gasteiger partial charge in [0, 0.05) is 5.69 Å². The van der Waals surface area contributed by atoms with Crippen molar-refractivity contribution in [2.45, 2.75) is 18.7 Å². The molecule has 0 bridgehead atoms. The number of alkyl halides is 3. The lowest BCUT2D eigenvalue weighted by molar-refractivity contribution is -0.137. The van der Waals surface area contributed by atoms with Gasteiger partial charge in [0.15, 0.2) is 11.3 Å². The van der Waals surface area contributed by atoms with Crippen LogP contribution in [0.2, 0.25) is 0 Å². The third-order valence-corrected chi connectivity index (χ3v) is 3.27. The molecule has 1 amide bonds. The second-order valence-corrected chi connectivity index (χ2v) is 6.68. The Kier molecular flexibility index (Phi) is 5.60. The van der Waals surface area contributed by atoms with Crippen molar-refractivity contribution in [1.82, 2.24) is 0 Å². The molecule has 24 heavy (non-hydrogen) atoms. The van der Waals surface area contributed by atoms with Crippen molar-refractivity contribution in [1.29, 1.82) is 0 Å². The molecule has 1 aromatic carbocycles. The predicted octanol–water partition coefficient (Wildman–Crippen LogP) is 1.92. The van der Waals surface area contributed by atoms with Gasteiger partial charge in [-0.3, -0.25) is 8.98 Å². The van der Waals surface area contributed by atoms with Crippen molar-refractivity contribution in [3.63, 3.8) is 0 Å². The molecule has 0 fully saturated rings. The van der Waals surface area contributed by atoms with E-state index in [9.17, 15) is 31.5 Å². The van der Waals surface area contributed by atoms with E-state index in [-0.39, 0.29) is 5.69 Å². The number of nitrogens with one attached hydrogen (secondary N) is 1. The molecule has 11 heteroatoms. The minimum Gasteiger partial charge on any atom is -0.378 e. The molecule has 132 valence electrons. The third-order valence-electron chi connectivity index (χ3n) is 2.72. The Bertz CT molecular complexity index is 782. The molecule has 0 aliphatic heterocycles. The molecule has 0 saturated carbocycles. The number of amides is 1. The fourth-order valence-electron chi connectivity index (χ4n) is 1.49. The molecule has 1 rings (SSSR count). The van der Waals surface area contributed by atoms with Crippen LogP contribution >= 0.6 is 0 Å². The number of hydrogen-bond acceptors (Lipinski definition) is 5. The van der Waals surface area contributed by atoms with Gasteiger partial charge in [-0.05, 0) is 19.1 Å². The van der Waals surface area contributed by atoms with Crippen LogP contribution < -0.4 is 5.32 Å². The zero-order chi connectivity index (χ0) is 18.8. The van der Waals surface area contributed by atoms with Crippen LogP contribution in [-0.2, 0) is 25.3 Å². The first-order valence-electron chi connectivity index (χ1n) is 6.23. The fraction of sp³-hybridized carbons (Fsp3) is 0.385. The Balaban J connectivity index is 3.01. The number of nitrogens with zero attached hydrogens (tertiary/aromatic N) is 1. The van der Waals surface area contributed by atoms with Crippen molar-refractivity contribution in [2.24, 2.45) is 0 Å². The van der Waals surface area contributed by atoms with Crippen LogP contribution in [0.1, 0.15) is 12.5 Å². The van der Waals surface area contributed by atoms with Crippen LogP contribution in [0, 0.1) is 6.57 Å². The van der Waals surface area contributed by atoms with Gasteiger partial charge in [0.25, 0.3) is 16.0 Å². The van der Waals surface area contributed by atoms with Crippen LogP contribution in [-0.4, -0.2) is 37.9 Å². The molecule has 0 spiro atoms. The molecule has 0 saturated heterocycles. The van der Waals surface area contributed by atoms with Crippen molar-refractivity contribution >= 4 is 27.4 Å². The van der Waals surface area contributed by atoms with Crippen LogP contribution in [0.25, 0.3) is 4.85 Å². The average Bonchev–Trinajstić information content (AvgIpc) is 2.43. The molecule has 1 atom stereocenters. The number of aliphatic hydroxyl groups is 1. The molecule has 2 N–H and O–H groups in total. The van der Waals surface area contributed by atoms with Gasteiger partial charge in [-0.1, -0.05) is 6.07 Å². The lowest BCUT2D eigenvalue weighted by atomic mass is 10.1. The first kappa shape index (κ1) is 19.9. The minimum absolute atomic E-state index is 0.320. The lowest BCUT2D eigenvalue weighted by Crippen LogP contribution is -2.44. The van der Waals surface area contributed by atoms with Crippen LogP contribution in [0.15, 0.2) is 18.2 Å². The highest BCUT2D eigenvalue weighted by Crippen LogP contribution is 2.38. The summed E-state index contributed by atoms with van der Waals surface area (Å²) in [6.45, 7) is 6.74. The summed E-state index contributed by atoms with van der Waals surface area (Å²) in [7, 11) is -3.92. The summed E-state index contributed by atoms with van der Waals surface area (Å²) < 4.78 is 64.6. The molecule has 0 aromatic heterocycles. The van der Waals surface area contributed by atoms with E-state index in [0.717, 1.165) is 19.1 Å². The zero-order valence-electron chi connectivity index (χ0n) is 12.5. The van der Waals surface area contributed by atoms with Gasteiger partial charge >= 0.3 is 6.18 Å². The number of rotatable bonds is 5. The third kappa shape index (κ3) is 5.48. The standard InChI is InChI=1S/C13H13F3N2O5S/c1-12(20,7-23-24(3,21)22)11(19)18-8-4-5-10(17-2)9(6-8)13(14,15)16/h4-6,20H,7H2,1,3H3,(H,18,19). The minimum atomic E-state index is -4.80. The molecule has 1 aromatic rings. The maximum atomic E-state index is 12.8. The van der Waals surface area contributed by atoms with Gasteiger partial charge < -0.3 is 10.4 Å². The summed E-state index contributed by atoms with van der Waals surface area (Å²) in [6, 6.07) is 2.46. The highest BCUT2D eigenvalue weighted by Gasteiger charge is 2.35. The Hall–Kier alpha value is -2.16. The molecule has 0 aliphatic rings. The monoisotopic (exact) mass is 366 g/mol. The summed E-state index contributed by atoms with van der Waals surface area (Å²) in [5, 5.41) is 11.9. The molecule has 0 aliphatic carbocycles. The highest BCUT2D eigenvalue weighted by atomic mass is 32.2. The van der Waals surface area contributed by atoms with Gasteiger partial charge in [-0.15, -0.1) is 0 Å². The predicted molar refractivity (Wildman–Crippen MR) is 77.8 cm³/mol. The maximum absolute atomic E-state index is 12.8. The van der Waals surface area contributed by atoms with Crippen LogP contribution in [0.4, 0.5) is 24.5 Å². The smallest absolute Gasteiger partial charge is 0.378 e. The highest BCUT2D eigenvalue weighted by molar-refractivity contribution is 7.85. The second kappa shape index (κ2) is 6.76. The fourth-order valence-corrected chi connectivity index (χ4v) is 1.93. The summed E-state index contributed by atoms with van der Waals surface area (Å²) in [6.07, 6.45) is -4.10. The Morgan fingerprint density at radius 1 is 1.42 bits per heavy atom. The topological polar surface area (TPSA) is 97.1 Å². The molecular weight excluding hydrogens is 353 g/mol. The number of anilines is 1. The van der Waals surface area contributed by atoms with E-state index in [4.69, 9.17) is 6.57 Å². The molecule has 1 unspecified atom stereocenters. The zero-order valence-corrected chi connectivity index (χ0v) is 13.3. The van der Waals surface area contributed by atoms with Crippen molar-refractivity contribution in [3.8, 4) is 0 Å². The van der Waals surface area contributed by atoms with Gasteiger partial charge in [0.2, 0.25) is 0 Å². The lowest BCUT2D eigenvalue weighted by Gasteiger charge is -2.22. The number of benzene rings is 1. The van der Waals surface area contributed by atoms with Crippen molar-refractivity contribution in [2.75, 3.05) is 18.2 Å². The maximum Gasteiger partial charge on any atom is 0.407 e. The molecular formula is C13H13F3N2O5S. The Morgan fingerprint density at radius 2 is 2.00 bits per heavy atom. The van der Waals surface area contributed by atoms with E-state index < -0.39 is 45.7 Å². The van der Waals surface area contributed by atoms with Crippen molar-refractivity contribution < 1.29 is 35.7 Å². The first-order valence-corrected chi connectivity index (χ1v) is 8.05. The van der Waals surface area contributed by atoms with Gasteiger partial charge in [-0.25, -0.2) is 4.85 Å². The van der Waals surface area contributed by atoms with Crippen molar-refractivity contribution in [3.05, 3.63) is 35.2 Å². The summed E-state index contributed by atoms with van der Waals surface area (Å²) >= 11 is 0. The normalized spacial score (nSPS) is 14.5. The average molecular weight is 366 g/mol. The Morgan fingerprint density at radius 3 is 2.46 bits per heavy atom. The van der Waals surface area contributed by atoms with Crippen LogP contribution in [0.3, 0.4) is 0 Å². The summed E-state index contributed by atoms with van der Waals surface area (Å²) in [5.74, 6) is -1.17. The molecule has 7 nitrogen and oxygen atoms in total. The number of hydrogen-bond donors (Lipinski definition) is 2. The number of carbonyl (C=O) groups excluding carboxylic acids is 1. The quantitative estimate of drug-likeness (QED) is 0.613. The van der Waals surface area contributed by atoms with Crippen LogP contribution in [0.5, 0.6) is 0 Å². The molecule has 0 radical (unpaired) electrons. The van der Waals surface area contributed by atoms with E-state index in [1.807, 2.05) is 5.32 Å². The SMILES string of the molecule is [C-]#[N+]c1ccc(NC(=O)C(C)(O)COS(C)(=O)=O)cc1C(F)(F)F. The van der Waals surface area contributed by atoms with Gasteiger partial charge in [0.1, 0.15) is 6.61 Å². The summed E-state index contributed by atoms with van der Waals surface area (Å²) in [5.41, 5.74) is -4.52. The van der Waals surface area contributed by atoms with E-state index in [1.54, 1.807) is 0 Å². The van der Waals surface area contributed by atoms with E-state index in [2.05, 4.69) is 9.03 Å². The largest absolute Gasteiger partial charge is 0.407 e. The summed E-state index contributed by atoms with van der Waals surface area (Å²) in [4.78, 5) is 14.6. The first-order chi connectivity index (χ1) is 10.8. The second-order valence-electron chi connectivity index (χ2n) is 5.04. The van der Waals surface area contributed by atoms with Gasteiger partial charge in [-0.2, -0.15) is 21.6 Å². The number of halogens is 3. The van der Waals surface area contributed by atoms with Gasteiger partial charge in [0.05, 0.1) is 18.4 Å². The number of carbonyl (C=O) groups is 1. The van der Waals surface area contributed by atoms with E-state index in [0.29, 0.717) is 12.3 Å². The Labute approximate surface area is 136 Å². The van der Waals surface area contributed by atoms with E-state index in [1.165, 1.54) is 0 Å². The van der Waals surface area contributed by atoms with E-state index >= 15 is 0 Å². The molecule has 0 heterocycles.